The van der Waals surface area contributed by atoms with Crippen LogP contribution in [0.3, 0.4) is 0 Å². The van der Waals surface area contributed by atoms with Gasteiger partial charge in [0.2, 0.25) is 11.7 Å². The molecular formula is C26H26ClF2N7O2. The van der Waals surface area contributed by atoms with E-state index in [4.69, 9.17) is 21.6 Å². The highest BCUT2D eigenvalue weighted by Gasteiger charge is 2.51. The number of pyridine rings is 1. The molecule has 2 aromatic heterocycles. The molecule has 1 saturated carbocycles. The number of rotatable bonds is 4. The first kappa shape index (κ1) is 24.7. The Hall–Kier alpha value is -3.65. The van der Waals surface area contributed by atoms with E-state index >= 15 is 0 Å². The molecule has 0 amide bonds. The van der Waals surface area contributed by atoms with Gasteiger partial charge in [-0.15, -0.1) is 0 Å². The third kappa shape index (κ3) is 4.36. The van der Waals surface area contributed by atoms with Crippen LogP contribution in [0.25, 0.3) is 10.9 Å². The largest absolute Gasteiger partial charge is 0.480 e. The van der Waals surface area contributed by atoms with E-state index in [1.165, 1.54) is 10.8 Å². The van der Waals surface area contributed by atoms with Gasteiger partial charge in [0.15, 0.2) is 12.4 Å². The molecule has 9 nitrogen and oxygen atoms in total. The van der Waals surface area contributed by atoms with Gasteiger partial charge in [0, 0.05) is 37.1 Å². The summed E-state index contributed by atoms with van der Waals surface area (Å²) in [6.07, 6.45) is 4.43. The number of anilines is 4. The van der Waals surface area contributed by atoms with Crippen LogP contribution in [0.5, 0.6) is 5.75 Å². The fourth-order valence-corrected chi connectivity index (χ4v) is 5.37. The molecule has 6 rings (SSSR count). The van der Waals surface area contributed by atoms with Gasteiger partial charge in [-0.1, -0.05) is 11.6 Å². The topological polar surface area (TPSA) is 108 Å². The number of nitrogens with zero attached hydrogens (tertiary/aromatic N) is 5. The van der Waals surface area contributed by atoms with E-state index in [2.05, 4.69) is 26.7 Å². The van der Waals surface area contributed by atoms with E-state index in [0.29, 0.717) is 59.3 Å². The molecular weight excluding hydrogens is 516 g/mol. The molecule has 2 N–H and O–H groups in total. The van der Waals surface area contributed by atoms with Crippen molar-refractivity contribution in [2.75, 3.05) is 35.2 Å². The summed E-state index contributed by atoms with van der Waals surface area (Å²) in [5.74, 6) is -2.45. The zero-order valence-electron chi connectivity index (χ0n) is 20.7. The van der Waals surface area contributed by atoms with Crippen LogP contribution >= 0.6 is 11.6 Å². The van der Waals surface area contributed by atoms with Crippen LogP contribution in [0.4, 0.5) is 31.9 Å². The Bertz CT molecular complexity index is 1510. The number of nitrogens with one attached hydrogen (secondary N) is 2. The Balaban J connectivity index is 1.36. The molecule has 2 aliphatic heterocycles. The molecule has 0 bridgehead atoms. The molecule has 2 fully saturated rings. The van der Waals surface area contributed by atoms with Gasteiger partial charge in [-0.2, -0.15) is 10.2 Å². The molecule has 198 valence electrons. The normalized spacial score (nSPS) is 21.1. The Morgan fingerprint density at radius 1 is 1.26 bits per heavy atom. The lowest BCUT2D eigenvalue weighted by Crippen LogP contribution is -2.44. The standard InChI is InChI=1S/C26H26ClF2N7O2/c1-35-19-5-4-16(32-23-18(27)12-31-25(34-23)36-8-6-14(11-30)7-9-36)10-17(19)20-21(24(35)37)38-13-26(28,29)22(33-20)15-2-3-15/h4-5,10,12,14-15,22,33H,2-3,6-9,13H2,1H3,(H,31,32,34)/t22-/m0/s1. The van der Waals surface area contributed by atoms with Gasteiger partial charge >= 0.3 is 5.92 Å². The lowest BCUT2D eigenvalue weighted by molar-refractivity contribution is -0.0579. The lowest BCUT2D eigenvalue weighted by Gasteiger charge is -2.29. The Kier molecular flexibility index (Phi) is 6.02. The molecule has 1 aliphatic carbocycles. The van der Waals surface area contributed by atoms with Gasteiger partial charge in [0.1, 0.15) is 5.02 Å². The van der Waals surface area contributed by atoms with E-state index in [9.17, 15) is 13.6 Å². The Morgan fingerprint density at radius 2 is 2.03 bits per heavy atom. The van der Waals surface area contributed by atoms with E-state index in [1.54, 1.807) is 25.2 Å². The second-order valence-electron chi connectivity index (χ2n) is 10.2. The SMILES string of the molecule is Cn1c(=O)c2c(c3cc(Nc4nc(N5CCC(C#N)CC5)ncc4Cl)ccc31)N[C@@H](C1CC1)C(F)(F)CO2. The minimum Gasteiger partial charge on any atom is -0.480 e. The maximum atomic E-state index is 14.9. The molecule has 0 radical (unpaired) electrons. The number of nitriles is 1. The summed E-state index contributed by atoms with van der Waals surface area (Å²) in [5, 5.41) is 16.3. The predicted octanol–water partition coefficient (Wildman–Crippen LogP) is 4.68. The summed E-state index contributed by atoms with van der Waals surface area (Å²) in [6.45, 7) is 0.500. The van der Waals surface area contributed by atoms with Crippen LogP contribution in [0.2, 0.25) is 5.02 Å². The fraction of sp³-hybridized carbons (Fsp3) is 0.462. The number of alkyl halides is 2. The smallest absolute Gasteiger partial charge is 0.301 e. The van der Waals surface area contributed by atoms with Gasteiger partial charge in [0.05, 0.1) is 29.5 Å². The second kappa shape index (κ2) is 9.27. The number of piperidine rings is 1. The quantitative estimate of drug-likeness (QED) is 0.490. The minimum absolute atomic E-state index is 0.0388. The Labute approximate surface area is 222 Å². The van der Waals surface area contributed by atoms with Crippen LogP contribution < -0.4 is 25.8 Å². The van der Waals surface area contributed by atoms with Crippen molar-refractivity contribution in [3.05, 3.63) is 39.8 Å². The number of hydrogen-bond donors (Lipinski definition) is 2. The van der Waals surface area contributed by atoms with Crippen LogP contribution in [-0.4, -0.2) is 46.2 Å². The van der Waals surface area contributed by atoms with Crippen LogP contribution in [0, 0.1) is 23.2 Å². The predicted molar refractivity (Wildman–Crippen MR) is 141 cm³/mol. The molecule has 0 spiro atoms. The van der Waals surface area contributed by atoms with E-state index in [0.717, 1.165) is 12.8 Å². The number of benzene rings is 1. The first-order valence-corrected chi connectivity index (χ1v) is 13.0. The summed E-state index contributed by atoms with van der Waals surface area (Å²) in [5.41, 5.74) is 0.978. The van der Waals surface area contributed by atoms with Crippen LogP contribution in [0.15, 0.2) is 29.2 Å². The summed E-state index contributed by atoms with van der Waals surface area (Å²) in [6, 6.07) is 6.50. The molecule has 38 heavy (non-hydrogen) atoms. The van der Waals surface area contributed by atoms with Crippen molar-refractivity contribution in [1.29, 1.82) is 5.26 Å². The zero-order chi connectivity index (χ0) is 26.6. The highest BCUT2D eigenvalue weighted by atomic mass is 35.5. The van der Waals surface area contributed by atoms with Gasteiger partial charge in [-0.05, 0) is 49.8 Å². The van der Waals surface area contributed by atoms with E-state index < -0.39 is 24.1 Å². The van der Waals surface area contributed by atoms with Gasteiger partial charge in [0.25, 0.3) is 5.56 Å². The molecule has 0 unspecified atom stereocenters. The number of aryl methyl sites for hydroxylation is 1. The number of aromatic nitrogens is 3. The lowest BCUT2D eigenvalue weighted by atomic mass is 9.99. The summed E-state index contributed by atoms with van der Waals surface area (Å²) in [7, 11) is 1.59. The molecule has 3 aliphatic rings. The number of ether oxygens (including phenoxy) is 1. The van der Waals surface area contributed by atoms with Crippen molar-refractivity contribution < 1.29 is 13.5 Å². The molecule has 1 atom stereocenters. The molecule has 3 aromatic rings. The van der Waals surface area contributed by atoms with Crippen LogP contribution in [-0.2, 0) is 7.05 Å². The summed E-state index contributed by atoms with van der Waals surface area (Å²) in [4.78, 5) is 24.0. The second-order valence-corrected chi connectivity index (χ2v) is 10.6. The number of fused-ring (bicyclic) bond motifs is 3. The first-order valence-electron chi connectivity index (χ1n) is 12.6. The van der Waals surface area contributed by atoms with E-state index in [-0.39, 0.29) is 23.3 Å². The van der Waals surface area contributed by atoms with Crippen molar-refractivity contribution in [2.45, 2.75) is 37.6 Å². The van der Waals surface area contributed by atoms with Gasteiger partial charge in [-0.25, -0.2) is 13.8 Å². The summed E-state index contributed by atoms with van der Waals surface area (Å²) >= 11 is 6.41. The van der Waals surface area contributed by atoms with Gasteiger partial charge in [-0.3, -0.25) is 4.79 Å². The third-order valence-electron chi connectivity index (χ3n) is 7.56. The molecule has 1 aromatic carbocycles. The monoisotopic (exact) mass is 541 g/mol. The molecule has 12 heteroatoms. The molecule has 1 saturated heterocycles. The minimum atomic E-state index is -3.11. The number of halogens is 3. The highest BCUT2D eigenvalue weighted by molar-refractivity contribution is 6.32. The first-order chi connectivity index (χ1) is 18.2. The average molecular weight is 542 g/mol. The van der Waals surface area contributed by atoms with Crippen molar-refractivity contribution in [3.63, 3.8) is 0 Å². The van der Waals surface area contributed by atoms with Crippen molar-refractivity contribution in [2.24, 2.45) is 18.9 Å². The van der Waals surface area contributed by atoms with Crippen molar-refractivity contribution >= 4 is 45.6 Å². The van der Waals surface area contributed by atoms with Crippen LogP contribution in [0.1, 0.15) is 25.7 Å². The van der Waals surface area contributed by atoms with E-state index in [1.807, 2.05) is 4.90 Å². The van der Waals surface area contributed by atoms with Crippen molar-refractivity contribution in [1.82, 2.24) is 14.5 Å². The number of hydrogen-bond acceptors (Lipinski definition) is 8. The average Bonchev–Trinajstić information content (AvgIpc) is 3.76. The maximum Gasteiger partial charge on any atom is 0.301 e. The third-order valence-corrected chi connectivity index (χ3v) is 7.84. The van der Waals surface area contributed by atoms with Crippen molar-refractivity contribution in [3.8, 4) is 11.8 Å². The van der Waals surface area contributed by atoms with Gasteiger partial charge < -0.3 is 24.8 Å². The summed E-state index contributed by atoms with van der Waals surface area (Å²) < 4.78 is 36.6. The fourth-order valence-electron chi connectivity index (χ4n) is 5.23. The highest BCUT2D eigenvalue weighted by Crippen LogP contribution is 2.45. The maximum absolute atomic E-state index is 14.9. The molecule has 4 heterocycles. The Morgan fingerprint density at radius 3 is 2.74 bits per heavy atom. The zero-order valence-corrected chi connectivity index (χ0v) is 21.4.